The average Bonchev–Trinajstić information content (AvgIpc) is 3.01. The van der Waals surface area contributed by atoms with Crippen LogP contribution in [0, 0.1) is 5.41 Å². The van der Waals surface area contributed by atoms with Gasteiger partial charge in [-0.05, 0) is 38.3 Å². The van der Waals surface area contributed by atoms with Crippen LogP contribution in [-0.2, 0) is 4.79 Å². The zero-order valence-electron chi connectivity index (χ0n) is 9.03. The smallest absolute Gasteiger partial charge is 0.136 e. The van der Waals surface area contributed by atoms with Gasteiger partial charge in [0.05, 0.1) is 6.61 Å². The quantitative estimate of drug-likeness (QED) is 0.737. The molecule has 0 spiro atoms. The number of para-hydroxylation sites is 1. The summed E-state index contributed by atoms with van der Waals surface area (Å²) in [5.74, 6) is 1.20. The number of ether oxygens (including phenoxy) is 1. The second-order valence-corrected chi connectivity index (χ2v) is 4.25. The fraction of sp³-hybridized carbons (Fsp3) is 0.462. The molecule has 1 aromatic rings. The fourth-order valence-electron chi connectivity index (χ4n) is 1.81. The zero-order valence-corrected chi connectivity index (χ0v) is 9.03. The lowest BCUT2D eigenvalue weighted by molar-refractivity contribution is -0.122. The Bertz CT molecular complexity index is 339. The molecule has 0 saturated heterocycles. The predicted octanol–water partition coefficient (Wildman–Crippen LogP) is 2.82. The summed E-state index contributed by atoms with van der Waals surface area (Å²) in [7, 11) is 0. The topological polar surface area (TPSA) is 26.3 Å². The Hall–Kier alpha value is -1.31. The summed E-state index contributed by atoms with van der Waals surface area (Å²) in [4.78, 5) is 11.3. The summed E-state index contributed by atoms with van der Waals surface area (Å²) in [5, 5.41) is 0. The van der Waals surface area contributed by atoms with E-state index in [2.05, 4.69) is 0 Å². The van der Waals surface area contributed by atoms with Crippen molar-refractivity contribution in [1.82, 2.24) is 0 Å². The van der Waals surface area contributed by atoms with E-state index in [1.165, 1.54) is 0 Å². The van der Waals surface area contributed by atoms with Gasteiger partial charge in [-0.15, -0.1) is 0 Å². The third kappa shape index (κ3) is 2.38. The predicted molar refractivity (Wildman–Crippen MR) is 58.9 cm³/mol. The van der Waals surface area contributed by atoms with E-state index in [9.17, 15) is 4.79 Å². The number of carbonyl (C=O) groups is 1. The van der Waals surface area contributed by atoms with Crippen molar-refractivity contribution in [2.45, 2.75) is 26.2 Å². The van der Waals surface area contributed by atoms with Crippen LogP contribution < -0.4 is 4.74 Å². The van der Waals surface area contributed by atoms with Crippen molar-refractivity contribution in [3.05, 3.63) is 30.3 Å². The van der Waals surface area contributed by atoms with Crippen molar-refractivity contribution in [1.29, 1.82) is 0 Å². The lowest BCUT2D eigenvalue weighted by Gasteiger charge is -2.11. The summed E-state index contributed by atoms with van der Waals surface area (Å²) in [6, 6.07) is 9.74. The van der Waals surface area contributed by atoms with Crippen LogP contribution in [0.15, 0.2) is 30.3 Å². The Morgan fingerprint density at radius 2 is 2.00 bits per heavy atom. The third-order valence-electron chi connectivity index (χ3n) is 3.19. The van der Waals surface area contributed by atoms with Crippen LogP contribution in [0.25, 0.3) is 0 Å². The maximum atomic E-state index is 11.3. The van der Waals surface area contributed by atoms with E-state index in [1.807, 2.05) is 30.3 Å². The second-order valence-electron chi connectivity index (χ2n) is 4.25. The fourth-order valence-corrected chi connectivity index (χ4v) is 1.81. The maximum absolute atomic E-state index is 11.3. The molecule has 1 saturated carbocycles. The van der Waals surface area contributed by atoms with Crippen LogP contribution in [0.5, 0.6) is 5.75 Å². The van der Waals surface area contributed by atoms with E-state index < -0.39 is 0 Å². The van der Waals surface area contributed by atoms with E-state index in [0.29, 0.717) is 12.4 Å². The Morgan fingerprint density at radius 1 is 1.33 bits per heavy atom. The molecular formula is C13H16O2. The number of hydrogen-bond acceptors (Lipinski definition) is 2. The van der Waals surface area contributed by atoms with Crippen molar-refractivity contribution < 1.29 is 9.53 Å². The van der Waals surface area contributed by atoms with Gasteiger partial charge in [0, 0.05) is 5.41 Å². The molecule has 1 aliphatic carbocycles. The molecule has 2 nitrogen and oxygen atoms in total. The van der Waals surface area contributed by atoms with Gasteiger partial charge in [0.25, 0.3) is 0 Å². The minimum atomic E-state index is -0.0330. The summed E-state index contributed by atoms with van der Waals surface area (Å²) < 4.78 is 5.58. The van der Waals surface area contributed by atoms with E-state index in [1.54, 1.807) is 6.92 Å². The number of benzene rings is 1. The first-order valence-electron chi connectivity index (χ1n) is 5.42. The van der Waals surface area contributed by atoms with E-state index >= 15 is 0 Å². The second kappa shape index (κ2) is 4.05. The summed E-state index contributed by atoms with van der Waals surface area (Å²) in [6.45, 7) is 2.33. The molecular weight excluding hydrogens is 188 g/mol. The van der Waals surface area contributed by atoms with Gasteiger partial charge in [0.15, 0.2) is 0 Å². The Balaban J connectivity index is 1.79. The molecule has 0 heterocycles. The van der Waals surface area contributed by atoms with Gasteiger partial charge < -0.3 is 4.74 Å². The molecule has 0 bridgehead atoms. The summed E-state index contributed by atoms with van der Waals surface area (Å²) >= 11 is 0. The standard InChI is InChI=1S/C13H16O2/c1-11(14)13(7-8-13)9-10-15-12-5-3-2-4-6-12/h2-6H,7-10H2,1H3. The highest BCUT2D eigenvalue weighted by molar-refractivity contribution is 5.84. The van der Waals surface area contributed by atoms with Crippen molar-refractivity contribution in [2.75, 3.05) is 6.61 Å². The van der Waals surface area contributed by atoms with Crippen molar-refractivity contribution >= 4 is 5.78 Å². The van der Waals surface area contributed by atoms with Crippen LogP contribution in [0.2, 0.25) is 0 Å². The van der Waals surface area contributed by atoms with Gasteiger partial charge in [0.1, 0.15) is 11.5 Å². The minimum absolute atomic E-state index is 0.0330. The van der Waals surface area contributed by atoms with E-state index in [-0.39, 0.29) is 5.41 Å². The average molecular weight is 204 g/mol. The molecule has 15 heavy (non-hydrogen) atoms. The molecule has 1 fully saturated rings. The van der Waals surface area contributed by atoms with E-state index in [0.717, 1.165) is 25.0 Å². The number of hydrogen-bond donors (Lipinski definition) is 0. The summed E-state index contributed by atoms with van der Waals surface area (Å²) in [5.41, 5.74) is -0.0330. The highest BCUT2D eigenvalue weighted by atomic mass is 16.5. The molecule has 0 amide bonds. The molecule has 2 heteroatoms. The van der Waals surface area contributed by atoms with Crippen molar-refractivity contribution in [3.8, 4) is 5.75 Å². The monoisotopic (exact) mass is 204 g/mol. The normalized spacial score (nSPS) is 17.1. The van der Waals surface area contributed by atoms with Gasteiger partial charge >= 0.3 is 0 Å². The van der Waals surface area contributed by atoms with Crippen molar-refractivity contribution in [2.24, 2.45) is 5.41 Å². The van der Waals surface area contributed by atoms with E-state index in [4.69, 9.17) is 4.74 Å². The SMILES string of the molecule is CC(=O)C1(CCOc2ccccc2)CC1. The highest BCUT2D eigenvalue weighted by Crippen LogP contribution is 2.49. The number of ketones is 1. The lowest BCUT2D eigenvalue weighted by Crippen LogP contribution is -2.15. The van der Waals surface area contributed by atoms with Gasteiger partial charge in [-0.25, -0.2) is 0 Å². The van der Waals surface area contributed by atoms with Crippen LogP contribution in [0.4, 0.5) is 0 Å². The summed E-state index contributed by atoms with van der Waals surface area (Å²) in [6.07, 6.45) is 2.94. The first-order valence-corrected chi connectivity index (χ1v) is 5.42. The van der Waals surface area contributed by atoms with Crippen LogP contribution in [-0.4, -0.2) is 12.4 Å². The Morgan fingerprint density at radius 3 is 2.53 bits per heavy atom. The third-order valence-corrected chi connectivity index (χ3v) is 3.19. The Labute approximate surface area is 90.3 Å². The molecule has 0 unspecified atom stereocenters. The van der Waals surface area contributed by atoms with Gasteiger partial charge in [0.2, 0.25) is 0 Å². The van der Waals surface area contributed by atoms with Crippen LogP contribution >= 0.6 is 0 Å². The first kappa shape index (κ1) is 10.2. The highest BCUT2D eigenvalue weighted by Gasteiger charge is 2.46. The number of carbonyl (C=O) groups excluding carboxylic acids is 1. The molecule has 1 aliphatic rings. The maximum Gasteiger partial charge on any atom is 0.136 e. The zero-order chi connectivity index (χ0) is 10.7. The van der Waals surface area contributed by atoms with Gasteiger partial charge in [-0.2, -0.15) is 0 Å². The molecule has 1 aromatic carbocycles. The number of Topliss-reactive ketones (excluding diaryl/α,β-unsaturated/α-hetero) is 1. The largest absolute Gasteiger partial charge is 0.494 e. The molecule has 0 aliphatic heterocycles. The Kier molecular flexibility index (Phi) is 2.76. The number of rotatable bonds is 5. The van der Waals surface area contributed by atoms with Gasteiger partial charge in [-0.3, -0.25) is 4.79 Å². The van der Waals surface area contributed by atoms with Crippen molar-refractivity contribution in [3.63, 3.8) is 0 Å². The van der Waals surface area contributed by atoms with Crippen LogP contribution in [0.1, 0.15) is 26.2 Å². The first-order chi connectivity index (χ1) is 7.23. The molecule has 80 valence electrons. The molecule has 2 rings (SSSR count). The molecule has 0 N–H and O–H groups in total. The van der Waals surface area contributed by atoms with Crippen LogP contribution in [0.3, 0.4) is 0 Å². The lowest BCUT2D eigenvalue weighted by atomic mass is 9.99. The molecule has 0 radical (unpaired) electrons. The molecule has 0 aromatic heterocycles. The molecule has 0 atom stereocenters. The van der Waals surface area contributed by atoms with Gasteiger partial charge in [-0.1, -0.05) is 18.2 Å². The minimum Gasteiger partial charge on any atom is -0.494 e.